The third kappa shape index (κ3) is 4.31. The van der Waals surface area contributed by atoms with Crippen molar-refractivity contribution in [1.82, 2.24) is 5.32 Å². The minimum Gasteiger partial charge on any atom is -0.388 e. The first-order valence-electron chi connectivity index (χ1n) is 6.51. The monoisotopic (exact) mass is 280 g/mol. The molecule has 0 heterocycles. The molecule has 110 valence electrons. The average Bonchev–Trinajstić information content (AvgIpc) is 2.44. The van der Waals surface area contributed by atoms with E-state index in [1.165, 1.54) is 12.1 Å². The highest BCUT2D eigenvalue weighted by atomic mass is 16.6. The van der Waals surface area contributed by atoms with Crippen molar-refractivity contribution in [3.63, 3.8) is 0 Å². The van der Waals surface area contributed by atoms with Gasteiger partial charge in [0.25, 0.3) is 5.69 Å². The van der Waals surface area contributed by atoms with Gasteiger partial charge in [0.2, 0.25) is 5.91 Å². The van der Waals surface area contributed by atoms with E-state index in [9.17, 15) is 20.0 Å². The zero-order valence-electron chi connectivity index (χ0n) is 11.9. The Kier molecular flexibility index (Phi) is 5.21. The van der Waals surface area contributed by atoms with Crippen LogP contribution in [-0.2, 0) is 4.79 Å². The van der Waals surface area contributed by atoms with Crippen LogP contribution in [0.15, 0.2) is 24.3 Å². The van der Waals surface area contributed by atoms with Crippen molar-refractivity contribution in [2.24, 2.45) is 0 Å². The number of carbonyl (C=O) groups is 1. The maximum atomic E-state index is 12.0. The van der Waals surface area contributed by atoms with E-state index in [1.54, 1.807) is 26.0 Å². The van der Waals surface area contributed by atoms with Crippen LogP contribution in [0, 0.1) is 10.1 Å². The SMILES string of the molecule is CCC(C)(O)CNC(=O)C(C)c1cccc([N+](=O)[O-])c1. The Balaban J connectivity index is 2.74. The van der Waals surface area contributed by atoms with Gasteiger partial charge in [-0.2, -0.15) is 0 Å². The lowest BCUT2D eigenvalue weighted by atomic mass is 9.98. The molecule has 0 saturated heterocycles. The number of nitro groups is 1. The van der Waals surface area contributed by atoms with Crippen LogP contribution in [-0.4, -0.2) is 28.1 Å². The Morgan fingerprint density at radius 3 is 2.75 bits per heavy atom. The van der Waals surface area contributed by atoms with Gasteiger partial charge in [0.1, 0.15) is 0 Å². The fraction of sp³-hybridized carbons (Fsp3) is 0.500. The van der Waals surface area contributed by atoms with E-state index < -0.39 is 16.4 Å². The maximum absolute atomic E-state index is 12.0. The van der Waals surface area contributed by atoms with E-state index in [0.717, 1.165) is 0 Å². The number of amides is 1. The van der Waals surface area contributed by atoms with Crippen molar-refractivity contribution in [2.75, 3.05) is 6.54 Å². The molecule has 0 bridgehead atoms. The highest BCUT2D eigenvalue weighted by Crippen LogP contribution is 2.21. The fourth-order valence-electron chi connectivity index (χ4n) is 1.61. The molecule has 1 aromatic rings. The van der Waals surface area contributed by atoms with Crippen LogP contribution in [0.25, 0.3) is 0 Å². The van der Waals surface area contributed by atoms with Crippen LogP contribution >= 0.6 is 0 Å². The highest BCUT2D eigenvalue weighted by molar-refractivity contribution is 5.83. The number of benzene rings is 1. The topological polar surface area (TPSA) is 92.5 Å². The Morgan fingerprint density at radius 1 is 1.55 bits per heavy atom. The molecule has 0 radical (unpaired) electrons. The van der Waals surface area contributed by atoms with E-state index in [0.29, 0.717) is 12.0 Å². The lowest BCUT2D eigenvalue weighted by molar-refractivity contribution is -0.384. The molecule has 0 aliphatic rings. The molecule has 2 unspecified atom stereocenters. The van der Waals surface area contributed by atoms with Gasteiger partial charge < -0.3 is 10.4 Å². The van der Waals surface area contributed by atoms with Gasteiger partial charge in [-0.25, -0.2) is 0 Å². The van der Waals surface area contributed by atoms with Gasteiger partial charge in [-0.15, -0.1) is 0 Å². The molecule has 0 aliphatic carbocycles. The number of nitrogens with zero attached hydrogens (tertiary/aromatic N) is 1. The second-order valence-corrected chi connectivity index (χ2v) is 5.14. The van der Waals surface area contributed by atoms with Crippen LogP contribution in [0.4, 0.5) is 5.69 Å². The first-order chi connectivity index (χ1) is 9.26. The molecule has 2 atom stereocenters. The van der Waals surface area contributed by atoms with Crippen LogP contribution in [0.2, 0.25) is 0 Å². The maximum Gasteiger partial charge on any atom is 0.269 e. The van der Waals surface area contributed by atoms with E-state index in [-0.39, 0.29) is 18.1 Å². The molecule has 0 saturated carbocycles. The zero-order chi connectivity index (χ0) is 15.3. The van der Waals surface area contributed by atoms with Gasteiger partial charge in [0, 0.05) is 18.7 Å². The van der Waals surface area contributed by atoms with E-state index in [4.69, 9.17) is 0 Å². The second kappa shape index (κ2) is 6.47. The smallest absolute Gasteiger partial charge is 0.269 e. The standard InChI is InChI=1S/C14H20N2O4/c1-4-14(3,18)9-15-13(17)10(2)11-6-5-7-12(8-11)16(19)20/h5-8,10,18H,4,9H2,1-3H3,(H,15,17). The van der Waals surface area contributed by atoms with Crippen molar-refractivity contribution in [3.8, 4) is 0 Å². The summed E-state index contributed by atoms with van der Waals surface area (Å²) in [6.45, 7) is 5.30. The molecular weight excluding hydrogens is 260 g/mol. The molecule has 0 aliphatic heterocycles. The summed E-state index contributed by atoms with van der Waals surface area (Å²) in [5, 5.41) is 23.2. The highest BCUT2D eigenvalue weighted by Gasteiger charge is 2.22. The van der Waals surface area contributed by atoms with Crippen LogP contribution in [0.3, 0.4) is 0 Å². The first kappa shape index (κ1) is 16.1. The molecule has 6 nitrogen and oxygen atoms in total. The average molecular weight is 280 g/mol. The van der Waals surface area contributed by atoms with Gasteiger partial charge in [-0.1, -0.05) is 19.1 Å². The van der Waals surface area contributed by atoms with Crippen molar-refractivity contribution in [2.45, 2.75) is 38.7 Å². The lowest BCUT2D eigenvalue weighted by Gasteiger charge is -2.22. The quantitative estimate of drug-likeness (QED) is 0.615. The Labute approximate surface area is 118 Å². The predicted octanol–water partition coefficient (Wildman–Crippen LogP) is 1.98. The summed E-state index contributed by atoms with van der Waals surface area (Å²) in [5.41, 5.74) is -0.409. The third-order valence-electron chi connectivity index (χ3n) is 3.38. The molecule has 0 spiro atoms. The summed E-state index contributed by atoms with van der Waals surface area (Å²) in [6, 6.07) is 6.01. The minimum atomic E-state index is -0.946. The molecule has 1 rings (SSSR count). The number of nitrogens with one attached hydrogen (secondary N) is 1. The lowest BCUT2D eigenvalue weighted by Crippen LogP contribution is -2.41. The molecule has 20 heavy (non-hydrogen) atoms. The number of nitro benzene ring substituents is 1. The Morgan fingerprint density at radius 2 is 2.20 bits per heavy atom. The summed E-state index contributed by atoms with van der Waals surface area (Å²) in [7, 11) is 0. The zero-order valence-corrected chi connectivity index (χ0v) is 11.9. The third-order valence-corrected chi connectivity index (χ3v) is 3.38. The molecule has 1 aromatic carbocycles. The van der Waals surface area contributed by atoms with Crippen molar-refractivity contribution in [1.29, 1.82) is 0 Å². The summed E-state index contributed by atoms with van der Waals surface area (Å²) in [5.74, 6) is -0.776. The summed E-state index contributed by atoms with van der Waals surface area (Å²) < 4.78 is 0. The van der Waals surface area contributed by atoms with E-state index >= 15 is 0 Å². The second-order valence-electron chi connectivity index (χ2n) is 5.14. The van der Waals surface area contributed by atoms with Gasteiger partial charge in [0.05, 0.1) is 16.4 Å². The van der Waals surface area contributed by atoms with Gasteiger partial charge >= 0.3 is 0 Å². The molecule has 2 N–H and O–H groups in total. The van der Waals surface area contributed by atoms with Gasteiger partial charge in [-0.05, 0) is 25.8 Å². The Hall–Kier alpha value is -1.95. The van der Waals surface area contributed by atoms with Crippen LogP contribution in [0.5, 0.6) is 0 Å². The number of non-ortho nitro benzene ring substituents is 1. The van der Waals surface area contributed by atoms with E-state index in [1.807, 2.05) is 6.92 Å². The van der Waals surface area contributed by atoms with Crippen LogP contribution in [0.1, 0.15) is 38.7 Å². The van der Waals surface area contributed by atoms with Crippen molar-refractivity contribution >= 4 is 11.6 Å². The van der Waals surface area contributed by atoms with E-state index in [2.05, 4.69) is 5.32 Å². The van der Waals surface area contributed by atoms with Crippen LogP contribution < -0.4 is 5.32 Å². The number of carbonyl (C=O) groups excluding carboxylic acids is 1. The number of hydrogen-bond donors (Lipinski definition) is 2. The van der Waals surface area contributed by atoms with Crippen molar-refractivity contribution < 1.29 is 14.8 Å². The molecular formula is C14H20N2O4. The molecule has 0 fully saturated rings. The summed E-state index contributed by atoms with van der Waals surface area (Å²) >= 11 is 0. The summed E-state index contributed by atoms with van der Waals surface area (Å²) in [4.78, 5) is 22.2. The Bertz CT molecular complexity index is 500. The molecule has 0 aromatic heterocycles. The minimum absolute atomic E-state index is 0.0392. The largest absolute Gasteiger partial charge is 0.388 e. The van der Waals surface area contributed by atoms with Crippen molar-refractivity contribution in [3.05, 3.63) is 39.9 Å². The van der Waals surface area contributed by atoms with Gasteiger partial charge in [0.15, 0.2) is 0 Å². The molecule has 1 amide bonds. The number of hydrogen-bond acceptors (Lipinski definition) is 4. The first-order valence-corrected chi connectivity index (χ1v) is 6.51. The molecule has 6 heteroatoms. The summed E-state index contributed by atoms with van der Waals surface area (Å²) in [6.07, 6.45) is 0.526. The van der Waals surface area contributed by atoms with Gasteiger partial charge in [-0.3, -0.25) is 14.9 Å². The fourth-order valence-corrected chi connectivity index (χ4v) is 1.61. The number of rotatable bonds is 6. The predicted molar refractivity (Wildman–Crippen MR) is 75.4 cm³/mol. The normalized spacial score (nSPS) is 15.2. The number of aliphatic hydroxyl groups is 1.